The Bertz CT molecular complexity index is 988. The predicted molar refractivity (Wildman–Crippen MR) is 125 cm³/mol. The highest BCUT2D eigenvalue weighted by atomic mass is 16.5. The lowest BCUT2D eigenvalue weighted by atomic mass is 10.0. The minimum Gasteiger partial charge on any atom is -0.424 e. The molecule has 31 heavy (non-hydrogen) atoms. The van der Waals surface area contributed by atoms with Crippen LogP contribution in [0.15, 0.2) is 36.4 Å². The molecule has 1 atom stereocenters. The van der Waals surface area contributed by atoms with Gasteiger partial charge in [0.05, 0.1) is 0 Å². The van der Waals surface area contributed by atoms with Crippen molar-refractivity contribution in [2.45, 2.75) is 39.7 Å². The number of hydrogen-bond donors (Lipinski definition) is 3. The summed E-state index contributed by atoms with van der Waals surface area (Å²) < 4.78 is 5.79. The normalized spacial score (nSPS) is 14.3. The van der Waals surface area contributed by atoms with Crippen LogP contribution in [0.2, 0.25) is 0 Å². The number of nitrogens with two attached hydrogens (primary N) is 1. The first kappa shape index (κ1) is 22.3. The topological polar surface area (TPSA) is 107 Å². The molecule has 0 aromatic heterocycles. The Morgan fingerprint density at radius 3 is 2.29 bits per heavy atom. The smallest absolute Gasteiger partial charge is 0.333 e. The molecule has 1 aliphatic heterocycles. The summed E-state index contributed by atoms with van der Waals surface area (Å²) in [5.74, 6) is 0.682. The molecule has 1 saturated heterocycles. The lowest BCUT2D eigenvalue weighted by Crippen LogP contribution is -2.39. The number of esters is 1. The number of carbonyl (C=O) groups is 1. The molecule has 3 rings (SSSR count). The molecule has 1 fully saturated rings. The third-order valence-corrected chi connectivity index (χ3v) is 5.85. The number of likely N-dealkylation sites (N-methyl/N-ethyl adjacent to an activating group) is 1. The lowest BCUT2D eigenvalue weighted by molar-refractivity contribution is -0.135. The second-order valence-electron chi connectivity index (χ2n) is 8.15. The van der Waals surface area contributed by atoms with E-state index in [1.807, 2.05) is 45.2 Å². The molecule has 2 aromatic rings. The molecule has 2 aromatic carbocycles. The zero-order valence-electron chi connectivity index (χ0n) is 18.7. The van der Waals surface area contributed by atoms with Gasteiger partial charge in [-0.05, 0) is 69.0 Å². The monoisotopic (exact) mass is 421 g/mol. The first-order valence-corrected chi connectivity index (χ1v) is 10.5. The minimum absolute atomic E-state index is 0.0173. The summed E-state index contributed by atoms with van der Waals surface area (Å²) in [6, 6.07) is 10.5. The average Bonchev–Trinajstić information content (AvgIpc) is 3.29. The number of nitrogens with zero attached hydrogens (tertiary/aromatic N) is 2. The van der Waals surface area contributed by atoms with Crippen LogP contribution in [-0.4, -0.2) is 48.7 Å². The molecule has 164 valence electrons. The van der Waals surface area contributed by atoms with E-state index in [1.165, 1.54) is 0 Å². The van der Waals surface area contributed by atoms with E-state index >= 15 is 0 Å². The molecular weight excluding hydrogens is 390 g/mol. The van der Waals surface area contributed by atoms with Crippen molar-refractivity contribution in [3.63, 3.8) is 0 Å². The van der Waals surface area contributed by atoms with Crippen LogP contribution in [0, 0.1) is 24.7 Å². The number of hydrogen-bond acceptors (Lipinski definition) is 5. The SMILES string of the molecule is Cc1cc(C(=N)N2CCCC2)cc(C)c1OC(=O)[C@H](C)N(C)c1cccc(C(=N)N)c1. The third kappa shape index (κ3) is 4.87. The first-order chi connectivity index (χ1) is 14.7. The molecule has 1 aliphatic rings. The van der Waals surface area contributed by atoms with Crippen LogP contribution < -0.4 is 15.4 Å². The van der Waals surface area contributed by atoms with Gasteiger partial charge in [0.15, 0.2) is 0 Å². The van der Waals surface area contributed by atoms with E-state index in [0.29, 0.717) is 17.1 Å². The third-order valence-electron chi connectivity index (χ3n) is 5.85. The lowest BCUT2D eigenvalue weighted by Gasteiger charge is -2.26. The van der Waals surface area contributed by atoms with Gasteiger partial charge in [0, 0.05) is 37.0 Å². The van der Waals surface area contributed by atoms with E-state index in [2.05, 4.69) is 4.90 Å². The van der Waals surface area contributed by atoms with E-state index < -0.39 is 6.04 Å². The fourth-order valence-corrected chi connectivity index (χ4v) is 3.83. The van der Waals surface area contributed by atoms with Crippen LogP contribution in [0.3, 0.4) is 0 Å². The quantitative estimate of drug-likeness (QED) is 0.287. The van der Waals surface area contributed by atoms with Gasteiger partial charge in [-0.1, -0.05) is 12.1 Å². The van der Waals surface area contributed by atoms with Crippen molar-refractivity contribution >= 4 is 23.3 Å². The van der Waals surface area contributed by atoms with Crippen LogP contribution in [0.25, 0.3) is 0 Å². The fraction of sp³-hybridized carbons (Fsp3) is 0.375. The Morgan fingerprint density at radius 1 is 1.10 bits per heavy atom. The van der Waals surface area contributed by atoms with Gasteiger partial charge < -0.3 is 20.3 Å². The maximum Gasteiger partial charge on any atom is 0.333 e. The summed E-state index contributed by atoms with van der Waals surface area (Å²) in [5.41, 5.74) is 9.48. The number of anilines is 1. The van der Waals surface area contributed by atoms with Crippen molar-refractivity contribution in [1.82, 2.24) is 4.90 Å². The van der Waals surface area contributed by atoms with Gasteiger partial charge in [-0.15, -0.1) is 0 Å². The molecule has 7 nitrogen and oxygen atoms in total. The van der Waals surface area contributed by atoms with Crippen molar-refractivity contribution in [3.05, 3.63) is 58.7 Å². The van der Waals surface area contributed by atoms with Crippen LogP contribution in [-0.2, 0) is 4.79 Å². The van der Waals surface area contributed by atoms with Gasteiger partial charge >= 0.3 is 5.97 Å². The molecule has 0 spiro atoms. The zero-order chi connectivity index (χ0) is 22.7. The van der Waals surface area contributed by atoms with Gasteiger partial charge in [-0.2, -0.15) is 0 Å². The number of nitrogen functional groups attached to an aromatic ring is 1. The Labute approximate surface area is 183 Å². The molecule has 0 radical (unpaired) electrons. The van der Waals surface area contributed by atoms with Crippen LogP contribution in [0.4, 0.5) is 5.69 Å². The molecule has 7 heteroatoms. The van der Waals surface area contributed by atoms with Crippen LogP contribution >= 0.6 is 0 Å². The Balaban J connectivity index is 1.75. The number of nitrogens with one attached hydrogen (secondary N) is 2. The maximum absolute atomic E-state index is 12.9. The number of benzene rings is 2. The minimum atomic E-state index is -0.538. The van der Waals surface area contributed by atoms with Crippen molar-refractivity contribution in [1.29, 1.82) is 10.8 Å². The van der Waals surface area contributed by atoms with E-state index in [9.17, 15) is 4.79 Å². The molecule has 0 amide bonds. The number of rotatable bonds is 6. The average molecular weight is 422 g/mol. The van der Waals surface area contributed by atoms with E-state index in [4.69, 9.17) is 21.3 Å². The van der Waals surface area contributed by atoms with Gasteiger partial charge in [-0.25, -0.2) is 4.79 Å². The van der Waals surface area contributed by atoms with Crippen molar-refractivity contribution in [2.24, 2.45) is 5.73 Å². The number of ether oxygens (including phenoxy) is 1. The standard InChI is InChI=1S/C24H31N5O2/c1-15-12-19(23(27)29-10-5-6-11-29)13-16(2)21(15)31-24(30)17(3)28(4)20-9-7-8-18(14-20)22(25)26/h7-9,12-14,17,27H,5-6,10-11H2,1-4H3,(H3,25,26)/t17-/m0/s1. The molecule has 0 unspecified atom stereocenters. The Morgan fingerprint density at radius 2 is 1.71 bits per heavy atom. The summed E-state index contributed by atoms with van der Waals surface area (Å²) in [7, 11) is 1.81. The second-order valence-corrected chi connectivity index (χ2v) is 8.15. The second kappa shape index (κ2) is 9.20. The molecular formula is C24H31N5O2. The fourth-order valence-electron chi connectivity index (χ4n) is 3.83. The van der Waals surface area contributed by atoms with E-state index in [-0.39, 0.29) is 11.8 Å². The number of aryl methyl sites for hydroxylation is 2. The molecule has 4 N–H and O–H groups in total. The number of carbonyl (C=O) groups excluding carboxylic acids is 1. The summed E-state index contributed by atoms with van der Waals surface area (Å²) in [4.78, 5) is 16.8. The van der Waals surface area contributed by atoms with Gasteiger partial charge in [0.2, 0.25) is 0 Å². The van der Waals surface area contributed by atoms with Crippen LogP contribution in [0.1, 0.15) is 42.0 Å². The summed E-state index contributed by atoms with van der Waals surface area (Å²) in [6.45, 7) is 7.43. The molecule has 0 aliphatic carbocycles. The van der Waals surface area contributed by atoms with Crippen molar-refractivity contribution < 1.29 is 9.53 Å². The van der Waals surface area contributed by atoms with Crippen molar-refractivity contribution in [2.75, 3.05) is 25.0 Å². The largest absolute Gasteiger partial charge is 0.424 e. The van der Waals surface area contributed by atoms with Crippen LogP contribution in [0.5, 0.6) is 5.75 Å². The van der Waals surface area contributed by atoms with Gasteiger partial charge in [0.1, 0.15) is 23.5 Å². The molecule has 0 saturated carbocycles. The number of amidine groups is 2. The number of likely N-dealkylation sites (tertiary alicyclic amines) is 1. The van der Waals surface area contributed by atoms with E-state index in [0.717, 1.165) is 48.3 Å². The predicted octanol–water partition coefficient (Wildman–Crippen LogP) is 3.44. The Hall–Kier alpha value is -3.35. The van der Waals surface area contributed by atoms with E-state index in [1.54, 1.807) is 24.0 Å². The van der Waals surface area contributed by atoms with Gasteiger partial charge in [0.25, 0.3) is 0 Å². The summed E-state index contributed by atoms with van der Waals surface area (Å²) in [5, 5.41) is 16.1. The highest BCUT2D eigenvalue weighted by molar-refractivity contribution is 5.97. The highest BCUT2D eigenvalue weighted by Crippen LogP contribution is 2.27. The molecule has 1 heterocycles. The maximum atomic E-state index is 12.9. The Kier molecular flexibility index (Phi) is 6.63. The van der Waals surface area contributed by atoms with Gasteiger partial charge in [-0.3, -0.25) is 10.8 Å². The molecule has 0 bridgehead atoms. The zero-order valence-corrected chi connectivity index (χ0v) is 18.7. The first-order valence-electron chi connectivity index (χ1n) is 10.5. The highest BCUT2D eigenvalue weighted by Gasteiger charge is 2.24. The summed E-state index contributed by atoms with van der Waals surface area (Å²) >= 11 is 0. The summed E-state index contributed by atoms with van der Waals surface area (Å²) in [6.07, 6.45) is 2.24. The van der Waals surface area contributed by atoms with Crippen molar-refractivity contribution in [3.8, 4) is 5.75 Å².